The number of carboxylic acids is 1. The maximum absolute atomic E-state index is 12.1. The van der Waals surface area contributed by atoms with Gasteiger partial charge in [-0.05, 0) is 31.1 Å². The number of nitrogens with one attached hydrogen (secondary N) is 1. The summed E-state index contributed by atoms with van der Waals surface area (Å²) >= 11 is 0. The van der Waals surface area contributed by atoms with E-state index in [1.165, 1.54) is 0 Å². The second-order valence-corrected chi connectivity index (χ2v) is 5.86. The van der Waals surface area contributed by atoms with Crippen LogP contribution in [-0.2, 0) is 9.53 Å². The summed E-state index contributed by atoms with van der Waals surface area (Å²) in [7, 11) is 1.68. The monoisotopic (exact) mass is 286 g/mol. The number of carbonyl (C=O) groups excluding carboxylic acids is 1. The molecule has 0 bridgehead atoms. The first-order valence-electron chi connectivity index (χ1n) is 7.21. The molecule has 1 heterocycles. The SMILES string of the molecule is COCC1CCN(C(=O)NC(CC(C)C)C(=O)O)CC1. The summed E-state index contributed by atoms with van der Waals surface area (Å²) in [5, 5.41) is 11.8. The van der Waals surface area contributed by atoms with E-state index in [0.29, 0.717) is 25.4 Å². The highest BCUT2D eigenvalue weighted by Crippen LogP contribution is 2.17. The number of hydrogen-bond acceptors (Lipinski definition) is 3. The zero-order valence-electron chi connectivity index (χ0n) is 12.6. The molecule has 1 fully saturated rings. The number of piperidine rings is 1. The van der Waals surface area contributed by atoms with Crippen molar-refractivity contribution in [3.05, 3.63) is 0 Å². The minimum Gasteiger partial charge on any atom is -0.480 e. The molecule has 2 N–H and O–H groups in total. The van der Waals surface area contributed by atoms with E-state index in [2.05, 4.69) is 5.32 Å². The lowest BCUT2D eigenvalue weighted by molar-refractivity contribution is -0.139. The molecule has 0 aliphatic carbocycles. The van der Waals surface area contributed by atoms with Gasteiger partial charge in [-0.3, -0.25) is 0 Å². The van der Waals surface area contributed by atoms with Gasteiger partial charge in [0.25, 0.3) is 0 Å². The lowest BCUT2D eigenvalue weighted by Crippen LogP contribution is -2.50. The molecule has 0 spiro atoms. The van der Waals surface area contributed by atoms with Crippen molar-refractivity contribution < 1.29 is 19.4 Å². The van der Waals surface area contributed by atoms with Crippen molar-refractivity contribution >= 4 is 12.0 Å². The minimum absolute atomic E-state index is 0.226. The van der Waals surface area contributed by atoms with Crippen molar-refractivity contribution in [2.24, 2.45) is 11.8 Å². The second-order valence-electron chi connectivity index (χ2n) is 5.86. The fourth-order valence-electron chi connectivity index (χ4n) is 2.47. The van der Waals surface area contributed by atoms with Gasteiger partial charge in [-0.25, -0.2) is 9.59 Å². The molecule has 0 aromatic carbocycles. The topological polar surface area (TPSA) is 78.9 Å². The number of urea groups is 1. The molecule has 2 amide bonds. The summed E-state index contributed by atoms with van der Waals surface area (Å²) in [5.41, 5.74) is 0. The fourth-order valence-corrected chi connectivity index (χ4v) is 2.47. The fraction of sp³-hybridized carbons (Fsp3) is 0.857. The maximum atomic E-state index is 12.1. The molecule has 1 rings (SSSR count). The van der Waals surface area contributed by atoms with Crippen LogP contribution >= 0.6 is 0 Å². The number of ether oxygens (including phenoxy) is 1. The molecule has 6 nitrogen and oxygen atoms in total. The van der Waals surface area contributed by atoms with Gasteiger partial charge in [-0.2, -0.15) is 0 Å². The number of carbonyl (C=O) groups is 2. The Morgan fingerprint density at radius 3 is 2.40 bits per heavy atom. The molecule has 0 radical (unpaired) electrons. The van der Waals surface area contributed by atoms with Gasteiger partial charge in [0.1, 0.15) is 6.04 Å². The first-order valence-corrected chi connectivity index (χ1v) is 7.21. The van der Waals surface area contributed by atoms with Gasteiger partial charge >= 0.3 is 12.0 Å². The first-order chi connectivity index (χ1) is 9.43. The normalized spacial score (nSPS) is 18.1. The van der Waals surface area contributed by atoms with Gasteiger partial charge in [-0.1, -0.05) is 13.8 Å². The van der Waals surface area contributed by atoms with E-state index >= 15 is 0 Å². The van der Waals surface area contributed by atoms with Crippen LogP contribution in [-0.4, -0.2) is 54.9 Å². The van der Waals surface area contributed by atoms with Crippen LogP contribution in [0.15, 0.2) is 0 Å². The van der Waals surface area contributed by atoms with E-state index in [4.69, 9.17) is 9.84 Å². The Balaban J connectivity index is 2.43. The zero-order chi connectivity index (χ0) is 15.1. The Morgan fingerprint density at radius 2 is 1.95 bits per heavy atom. The van der Waals surface area contributed by atoms with Gasteiger partial charge in [-0.15, -0.1) is 0 Å². The van der Waals surface area contributed by atoms with Crippen LogP contribution in [0.3, 0.4) is 0 Å². The van der Waals surface area contributed by atoms with Crippen LogP contribution in [0.1, 0.15) is 33.1 Å². The average Bonchev–Trinajstić information content (AvgIpc) is 2.38. The number of likely N-dealkylation sites (tertiary alicyclic amines) is 1. The van der Waals surface area contributed by atoms with Crippen LogP contribution in [0.5, 0.6) is 0 Å². The van der Waals surface area contributed by atoms with Crippen LogP contribution in [0.25, 0.3) is 0 Å². The van der Waals surface area contributed by atoms with Crippen molar-refractivity contribution in [3.63, 3.8) is 0 Å². The van der Waals surface area contributed by atoms with Crippen LogP contribution in [0.4, 0.5) is 4.79 Å². The molecule has 20 heavy (non-hydrogen) atoms. The molecule has 116 valence electrons. The molecule has 1 saturated heterocycles. The van der Waals surface area contributed by atoms with E-state index in [1.54, 1.807) is 12.0 Å². The number of hydrogen-bond donors (Lipinski definition) is 2. The van der Waals surface area contributed by atoms with Gasteiger partial charge in [0.2, 0.25) is 0 Å². The third-order valence-electron chi connectivity index (χ3n) is 3.61. The van der Waals surface area contributed by atoms with Crippen molar-refractivity contribution in [1.82, 2.24) is 10.2 Å². The second kappa shape index (κ2) is 8.09. The van der Waals surface area contributed by atoms with Crippen LogP contribution in [0, 0.1) is 11.8 Å². The molecule has 6 heteroatoms. The lowest BCUT2D eigenvalue weighted by atomic mass is 9.98. The number of methoxy groups -OCH3 is 1. The summed E-state index contributed by atoms with van der Waals surface area (Å²) in [4.78, 5) is 24.9. The summed E-state index contributed by atoms with van der Waals surface area (Å²) in [6, 6.07) is -1.08. The number of amides is 2. The van der Waals surface area contributed by atoms with Crippen LogP contribution in [0.2, 0.25) is 0 Å². The predicted molar refractivity (Wildman–Crippen MR) is 75.6 cm³/mol. The van der Waals surface area contributed by atoms with E-state index in [-0.39, 0.29) is 11.9 Å². The highest BCUT2D eigenvalue weighted by atomic mass is 16.5. The van der Waals surface area contributed by atoms with Gasteiger partial charge in [0.05, 0.1) is 0 Å². The van der Waals surface area contributed by atoms with Crippen molar-refractivity contribution in [3.8, 4) is 0 Å². The Morgan fingerprint density at radius 1 is 1.35 bits per heavy atom. The highest BCUT2D eigenvalue weighted by molar-refractivity contribution is 5.82. The summed E-state index contributed by atoms with van der Waals surface area (Å²) in [6.07, 6.45) is 2.26. The largest absolute Gasteiger partial charge is 0.480 e. The van der Waals surface area contributed by atoms with E-state index in [1.807, 2.05) is 13.8 Å². The van der Waals surface area contributed by atoms with Gasteiger partial charge in [0, 0.05) is 26.8 Å². The third-order valence-corrected chi connectivity index (χ3v) is 3.61. The number of rotatable bonds is 6. The molecule has 1 aliphatic heterocycles. The Bertz CT molecular complexity index is 325. The Labute approximate surface area is 120 Å². The summed E-state index contributed by atoms with van der Waals surface area (Å²) < 4.78 is 5.12. The van der Waals surface area contributed by atoms with Crippen molar-refractivity contribution in [1.29, 1.82) is 0 Å². The van der Waals surface area contributed by atoms with E-state index < -0.39 is 12.0 Å². The van der Waals surface area contributed by atoms with Crippen molar-refractivity contribution in [2.45, 2.75) is 39.2 Å². The molecule has 1 aliphatic rings. The molecular formula is C14H26N2O4. The quantitative estimate of drug-likeness (QED) is 0.776. The third kappa shape index (κ3) is 5.36. The summed E-state index contributed by atoms with van der Waals surface area (Å²) in [6.45, 7) is 5.93. The molecule has 1 atom stereocenters. The maximum Gasteiger partial charge on any atom is 0.326 e. The van der Waals surface area contributed by atoms with Crippen molar-refractivity contribution in [2.75, 3.05) is 26.8 Å². The van der Waals surface area contributed by atoms with Gasteiger partial charge < -0.3 is 20.1 Å². The molecule has 0 aromatic heterocycles. The first kappa shape index (κ1) is 16.8. The lowest BCUT2D eigenvalue weighted by Gasteiger charge is -2.32. The van der Waals surface area contributed by atoms with E-state index in [0.717, 1.165) is 19.4 Å². The standard InChI is InChI=1S/C14H26N2O4/c1-10(2)8-12(13(17)18)15-14(19)16-6-4-11(5-7-16)9-20-3/h10-12H,4-9H2,1-3H3,(H,15,19)(H,17,18). The number of carboxylic acid groups (broad SMARTS) is 1. The van der Waals surface area contributed by atoms with Gasteiger partial charge in [0.15, 0.2) is 0 Å². The smallest absolute Gasteiger partial charge is 0.326 e. The molecule has 0 saturated carbocycles. The molecule has 1 unspecified atom stereocenters. The Kier molecular flexibility index (Phi) is 6.78. The minimum atomic E-state index is -0.971. The number of nitrogens with zero attached hydrogens (tertiary/aromatic N) is 1. The average molecular weight is 286 g/mol. The Hall–Kier alpha value is -1.30. The van der Waals surface area contributed by atoms with Crippen LogP contribution < -0.4 is 5.32 Å². The zero-order valence-corrected chi connectivity index (χ0v) is 12.6. The molecular weight excluding hydrogens is 260 g/mol. The summed E-state index contributed by atoms with van der Waals surface area (Å²) in [5.74, 6) is -0.250. The predicted octanol–water partition coefficient (Wildman–Crippen LogP) is 1.55. The van der Waals surface area contributed by atoms with E-state index in [9.17, 15) is 9.59 Å². The highest BCUT2D eigenvalue weighted by Gasteiger charge is 2.27. The number of aliphatic carboxylic acids is 1. The molecule has 0 aromatic rings.